The molecule has 2 aromatic carbocycles. The minimum absolute atomic E-state index is 0.0407. The van der Waals surface area contributed by atoms with Crippen molar-refractivity contribution in [1.82, 2.24) is 29.7 Å². The fourth-order valence-electron chi connectivity index (χ4n) is 8.34. The number of halogens is 3. The van der Waals surface area contributed by atoms with Crippen molar-refractivity contribution in [2.24, 2.45) is 0 Å². The van der Waals surface area contributed by atoms with Crippen molar-refractivity contribution in [3.8, 4) is 23.0 Å². The van der Waals surface area contributed by atoms with Gasteiger partial charge in [0.1, 0.15) is 47.1 Å². The van der Waals surface area contributed by atoms with Gasteiger partial charge in [0.15, 0.2) is 5.82 Å². The molecule has 2 atom stereocenters. The van der Waals surface area contributed by atoms with Crippen molar-refractivity contribution in [3.63, 3.8) is 0 Å². The number of anilines is 1. The molecule has 10 nitrogen and oxygen atoms in total. The lowest BCUT2D eigenvalue weighted by atomic mass is 9.94. The molecule has 270 valence electrons. The molecule has 6 heterocycles. The third-order valence-electron chi connectivity index (χ3n) is 10.8. The number of rotatable bonds is 7. The molecule has 13 heteroatoms. The summed E-state index contributed by atoms with van der Waals surface area (Å²) in [7, 11) is 3.37. The third kappa shape index (κ3) is 5.84. The lowest BCUT2D eigenvalue weighted by Crippen LogP contribution is -2.43. The van der Waals surface area contributed by atoms with Gasteiger partial charge in [0.2, 0.25) is 0 Å². The van der Waals surface area contributed by atoms with Gasteiger partial charge in [-0.05, 0) is 84.8 Å². The molecule has 8 rings (SSSR count). The van der Waals surface area contributed by atoms with Crippen LogP contribution in [0.15, 0.2) is 42.6 Å². The van der Waals surface area contributed by atoms with Gasteiger partial charge in [-0.3, -0.25) is 14.7 Å². The number of aryl methyl sites for hydroxylation is 2. The van der Waals surface area contributed by atoms with Gasteiger partial charge >= 0.3 is 6.01 Å². The zero-order chi connectivity index (χ0) is 36.3. The molecule has 0 bridgehead atoms. The highest BCUT2D eigenvalue weighted by molar-refractivity contribution is 6.01. The molecular weight excluding hydrogens is 671 g/mol. The number of fused-ring (bicyclic) bond motifs is 4. The van der Waals surface area contributed by atoms with Crippen molar-refractivity contribution in [2.45, 2.75) is 63.7 Å². The summed E-state index contributed by atoms with van der Waals surface area (Å²) < 4.78 is 53.1. The van der Waals surface area contributed by atoms with Gasteiger partial charge in [-0.1, -0.05) is 19.1 Å². The van der Waals surface area contributed by atoms with E-state index in [1.807, 2.05) is 17.9 Å². The van der Waals surface area contributed by atoms with Gasteiger partial charge in [0.05, 0.1) is 10.9 Å². The quantitative estimate of drug-likeness (QED) is 0.205. The van der Waals surface area contributed by atoms with Gasteiger partial charge in [0, 0.05) is 57.6 Å². The van der Waals surface area contributed by atoms with Gasteiger partial charge in [-0.25, -0.2) is 18.2 Å². The number of aromatic nitrogens is 4. The molecule has 1 amide bonds. The van der Waals surface area contributed by atoms with Gasteiger partial charge in [0.25, 0.3) is 5.91 Å². The molecular formula is C39H40F3N7O3. The van der Waals surface area contributed by atoms with Crippen LogP contribution in [0.1, 0.15) is 59.9 Å². The van der Waals surface area contributed by atoms with Crippen LogP contribution in [0.5, 0.6) is 11.8 Å². The number of aromatic hydroxyl groups is 1. The molecule has 0 aliphatic carbocycles. The smallest absolute Gasteiger partial charge is 0.319 e. The predicted octanol–water partition coefficient (Wildman–Crippen LogP) is 6.40. The number of alkyl halides is 1. The molecule has 5 aromatic rings. The van der Waals surface area contributed by atoms with Crippen molar-refractivity contribution in [2.75, 3.05) is 45.2 Å². The first kappa shape index (κ1) is 34.1. The second-order valence-electron chi connectivity index (χ2n) is 14.4. The molecule has 3 aliphatic heterocycles. The zero-order valence-corrected chi connectivity index (χ0v) is 29.4. The second kappa shape index (κ2) is 13.2. The number of phenols is 1. The first-order valence-corrected chi connectivity index (χ1v) is 17.8. The van der Waals surface area contributed by atoms with E-state index in [-0.39, 0.29) is 41.0 Å². The number of pyridine rings is 2. The van der Waals surface area contributed by atoms with E-state index in [0.29, 0.717) is 78.6 Å². The average Bonchev–Trinajstić information content (AvgIpc) is 3.56. The van der Waals surface area contributed by atoms with Crippen LogP contribution in [0, 0.1) is 11.6 Å². The molecule has 1 N–H and O–H groups in total. The molecule has 52 heavy (non-hydrogen) atoms. The number of hydrogen-bond donors (Lipinski definition) is 1. The van der Waals surface area contributed by atoms with Crippen molar-refractivity contribution >= 4 is 33.4 Å². The summed E-state index contributed by atoms with van der Waals surface area (Å²) in [6.07, 6.45) is 4.30. The number of carbonyl (C=O) groups excluding carboxylic acids is 1. The highest BCUT2D eigenvalue weighted by Gasteiger charge is 2.49. The second-order valence-corrected chi connectivity index (χ2v) is 14.4. The fourth-order valence-corrected chi connectivity index (χ4v) is 8.34. The third-order valence-corrected chi connectivity index (χ3v) is 10.8. The monoisotopic (exact) mass is 711 g/mol. The van der Waals surface area contributed by atoms with Crippen LogP contribution in [-0.2, 0) is 19.4 Å². The molecule has 0 unspecified atom stereocenters. The number of benzene rings is 2. The van der Waals surface area contributed by atoms with E-state index < -0.39 is 23.3 Å². The van der Waals surface area contributed by atoms with Crippen LogP contribution in [0.3, 0.4) is 0 Å². The van der Waals surface area contributed by atoms with Crippen LogP contribution in [0.25, 0.3) is 32.9 Å². The fraction of sp³-hybridized carbons (Fsp3) is 0.410. The maximum atomic E-state index is 17.1. The lowest BCUT2D eigenvalue weighted by Gasteiger charge is -2.31. The molecule has 0 radical (unpaired) electrons. The van der Waals surface area contributed by atoms with Gasteiger partial charge in [-0.2, -0.15) is 9.97 Å². The van der Waals surface area contributed by atoms with Crippen LogP contribution in [-0.4, -0.2) is 92.8 Å². The van der Waals surface area contributed by atoms with Gasteiger partial charge in [-0.15, -0.1) is 0 Å². The Morgan fingerprint density at radius 1 is 1.10 bits per heavy atom. The Bertz CT molecular complexity index is 2230. The summed E-state index contributed by atoms with van der Waals surface area (Å²) in [6, 6.07) is 9.38. The summed E-state index contributed by atoms with van der Waals surface area (Å²) in [5, 5.41) is 12.0. The number of ether oxygens (including phenoxy) is 1. The Morgan fingerprint density at radius 3 is 2.75 bits per heavy atom. The Balaban J connectivity index is 1.26. The summed E-state index contributed by atoms with van der Waals surface area (Å²) in [6.45, 7) is 4.05. The van der Waals surface area contributed by atoms with Crippen molar-refractivity contribution in [1.29, 1.82) is 0 Å². The van der Waals surface area contributed by atoms with E-state index in [2.05, 4.69) is 14.9 Å². The van der Waals surface area contributed by atoms with Crippen molar-refractivity contribution < 1.29 is 27.8 Å². The Morgan fingerprint density at radius 2 is 1.94 bits per heavy atom. The van der Waals surface area contributed by atoms with Gasteiger partial charge < -0.3 is 19.6 Å². The normalized spacial score (nSPS) is 20.3. The molecule has 3 aromatic heterocycles. The van der Waals surface area contributed by atoms with Crippen LogP contribution in [0.2, 0.25) is 0 Å². The summed E-state index contributed by atoms with van der Waals surface area (Å²) in [5.41, 5.74) is 2.11. The Hall–Kier alpha value is -5.04. The zero-order valence-electron chi connectivity index (χ0n) is 29.4. The van der Waals surface area contributed by atoms with E-state index in [1.165, 1.54) is 29.3 Å². The Kier molecular flexibility index (Phi) is 8.63. The first-order valence-electron chi connectivity index (χ1n) is 17.8. The molecule has 3 aliphatic rings. The SMILES string of the molecule is CCc1c(F)ccc2cc(O)cc(-c3ncc4c(N5CCCc6nc(C(=O)N(C)C)ccc6C5)nc(OC[C@@]56CCCN5C[C@H](F)C6)nc4c3F)c12. The minimum Gasteiger partial charge on any atom is -0.508 e. The van der Waals surface area contributed by atoms with E-state index in [9.17, 15) is 14.3 Å². The number of nitrogens with zero attached hydrogens (tertiary/aromatic N) is 7. The molecule has 2 saturated heterocycles. The maximum Gasteiger partial charge on any atom is 0.319 e. The standard InChI is InChI=1S/C39H40F3N7O3/c1-4-26-29(41)10-8-22-15-25(50)16-27(32(22)26)34-33(42)35-28(18-43-34)36(46-38(45-35)52-21-39-12-6-14-49(39)20-24(40)17-39)48-13-5-7-30-23(19-48)9-11-31(44-30)37(51)47(2)3/h8-11,15-16,18,24,50H,4-7,12-14,17,19-21H2,1-3H3/t24-,39+/m1/s1. The minimum atomic E-state index is -0.947. The highest BCUT2D eigenvalue weighted by Crippen LogP contribution is 2.42. The number of hydrogen-bond acceptors (Lipinski definition) is 9. The largest absolute Gasteiger partial charge is 0.508 e. The van der Waals surface area contributed by atoms with E-state index in [0.717, 1.165) is 30.6 Å². The summed E-state index contributed by atoms with van der Waals surface area (Å²) in [5.74, 6) is -1.07. The van der Waals surface area contributed by atoms with E-state index in [1.54, 1.807) is 26.2 Å². The highest BCUT2D eigenvalue weighted by atomic mass is 19.1. The van der Waals surface area contributed by atoms with Crippen LogP contribution < -0.4 is 9.64 Å². The topological polar surface area (TPSA) is 108 Å². The predicted molar refractivity (Wildman–Crippen MR) is 191 cm³/mol. The molecule has 2 fully saturated rings. The van der Waals surface area contributed by atoms with Crippen LogP contribution >= 0.6 is 0 Å². The van der Waals surface area contributed by atoms with E-state index >= 15 is 8.78 Å². The lowest BCUT2D eigenvalue weighted by molar-refractivity contribution is 0.0821. The average molecular weight is 712 g/mol. The number of amides is 1. The van der Waals surface area contributed by atoms with Crippen molar-refractivity contribution in [3.05, 3.63) is 76.7 Å². The first-order chi connectivity index (χ1) is 25.0. The molecule has 0 spiro atoms. The summed E-state index contributed by atoms with van der Waals surface area (Å²) in [4.78, 5) is 37.0. The number of phenolic OH excluding ortho intramolecular Hbond substituents is 1. The van der Waals surface area contributed by atoms with Crippen LogP contribution in [0.4, 0.5) is 19.0 Å². The maximum absolute atomic E-state index is 17.1. The number of carbonyl (C=O) groups is 1. The molecule has 0 saturated carbocycles. The van der Waals surface area contributed by atoms with E-state index in [4.69, 9.17) is 14.7 Å². The Labute approximate surface area is 299 Å². The summed E-state index contributed by atoms with van der Waals surface area (Å²) >= 11 is 0.